The van der Waals surface area contributed by atoms with Crippen LogP contribution in [0.15, 0.2) is 66.1 Å². The average molecular weight is 388 g/mol. The molecule has 0 spiro atoms. The summed E-state index contributed by atoms with van der Waals surface area (Å²) in [4.78, 5) is 17.6. The van der Waals surface area contributed by atoms with Gasteiger partial charge in [-0.3, -0.25) is 4.79 Å². The van der Waals surface area contributed by atoms with Crippen LogP contribution in [0.5, 0.6) is 11.5 Å². The molecule has 0 bridgehead atoms. The van der Waals surface area contributed by atoms with Crippen molar-refractivity contribution in [3.8, 4) is 11.5 Å². The monoisotopic (exact) mass is 388 g/mol. The van der Waals surface area contributed by atoms with Gasteiger partial charge in [0.25, 0.3) is 0 Å². The van der Waals surface area contributed by atoms with Gasteiger partial charge < -0.3 is 15.2 Å². The van der Waals surface area contributed by atoms with Crippen molar-refractivity contribution < 1.29 is 14.6 Å². The summed E-state index contributed by atoms with van der Waals surface area (Å²) in [6.07, 6.45) is 2.65. The second-order valence-corrected chi connectivity index (χ2v) is 7.32. The fraction of sp³-hybridized carbons (Fsp3) is 0.227. The Kier molecular flexibility index (Phi) is 4.08. The first kappa shape index (κ1) is 17.5. The fourth-order valence-electron chi connectivity index (χ4n) is 4.29. The van der Waals surface area contributed by atoms with Gasteiger partial charge in [-0.1, -0.05) is 36.4 Å². The summed E-state index contributed by atoms with van der Waals surface area (Å²) in [7, 11) is 1.50. The number of benzene rings is 2. The lowest BCUT2D eigenvalue weighted by Gasteiger charge is -2.35. The summed E-state index contributed by atoms with van der Waals surface area (Å²) in [5.74, 6) is 1.22. The molecule has 3 aromatic rings. The van der Waals surface area contributed by atoms with E-state index in [0.29, 0.717) is 23.7 Å². The standard InChI is InChI=1S/C22H20N4O3/c1-29-19-11-14(7-8-17(19)27)21-20-16(25-22-23-12-24-26(21)22)9-15(10-18(20)28)13-5-3-2-4-6-13/h2-8,11-12,15,21,27H,9-10H2,1H3,(H,23,24,25)/t15-,21-/m1/s1. The molecule has 2 heterocycles. The van der Waals surface area contributed by atoms with Gasteiger partial charge in [-0.25, -0.2) is 4.68 Å². The number of carbonyl (C=O) groups excluding carboxylic acids is 1. The molecule has 2 aliphatic rings. The number of carbonyl (C=O) groups is 1. The highest BCUT2D eigenvalue weighted by Crippen LogP contribution is 2.44. The Hall–Kier alpha value is -3.61. The largest absolute Gasteiger partial charge is 0.504 e. The molecule has 7 heteroatoms. The number of phenolic OH excluding ortho intramolecular Hbond substituents is 1. The maximum atomic E-state index is 13.3. The highest BCUT2D eigenvalue weighted by Gasteiger charge is 2.39. The van der Waals surface area contributed by atoms with Crippen molar-refractivity contribution in [2.45, 2.75) is 24.8 Å². The predicted octanol–water partition coefficient (Wildman–Crippen LogP) is 3.41. The number of nitrogens with zero attached hydrogens (tertiary/aromatic N) is 3. The van der Waals surface area contributed by atoms with Crippen molar-refractivity contribution in [3.63, 3.8) is 0 Å². The fourth-order valence-corrected chi connectivity index (χ4v) is 4.29. The smallest absolute Gasteiger partial charge is 0.226 e. The number of ketones is 1. The number of phenols is 1. The first-order valence-corrected chi connectivity index (χ1v) is 9.50. The van der Waals surface area contributed by atoms with E-state index in [-0.39, 0.29) is 17.5 Å². The molecule has 0 radical (unpaired) electrons. The van der Waals surface area contributed by atoms with E-state index in [1.54, 1.807) is 22.9 Å². The van der Waals surface area contributed by atoms with Crippen LogP contribution in [0.3, 0.4) is 0 Å². The van der Waals surface area contributed by atoms with Crippen molar-refractivity contribution in [2.24, 2.45) is 0 Å². The lowest BCUT2D eigenvalue weighted by Crippen LogP contribution is -2.33. The van der Waals surface area contributed by atoms with E-state index in [1.807, 2.05) is 18.2 Å². The van der Waals surface area contributed by atoms with E-state index < -0.39 is 6.04 Å². The normalized spacial score (nSPS) is 20.7. The Bertz CT molecular complexity index is 1120. The lowest BCUT2D eigenvalue weighted by atomic mass is 9.78. The highest BCUT2D eigenvalue weighted by molar-refractivity contribution is 6.00. The molecule has 1 aromatic heterocycles. The van der Waals surface area contributed by atoms with E-state index in [0.717, 1.165) is 23.2 Å². The SMILES string of the molecule is COc1cc([C@@H]2C3=C(C[C@@H](c4ccccc4)CC3=O)Nc3ncnn32)ccc1O. The number of nitrogens with one attached hydrogen (secondary N) is 1. The topological polar surface area (TPSA) is 89.3 Å². The number of aromatic nitrogens is 3. The number of rotatable bonds is 3. The van der Waals surface area contributed by atoms with Crippen LogP contribution in [0.25, 0.3) is 0 Å². The Morgan fingerprint density at radius 3 is 2.76 bits per heavy atom. The first-order chi connectivity index (χ1) is 14.2. The minimum absolute atomic E-state index is 0.0531. The molecular weight excluding hydrogens is 368 g/mol. The van der Waals surface area contributed by atoms with Gasteiger partial charge in [-0.2, -0.15) is 10.1 Å². The van der Waals surface area contributed by atoms with Gasteiger partial charge in [0.15, 0.2) is 17.3 Å². The van der Waals surface area contributed by atoms with Crippen LogP contribution in [0, 0.1) is 0 Å². The number of anilines is 1. The molecule has 1 aliphatic carbocycles. The number of hydrogen-bond acceptors (Lipinski definition) is 6. The van der Waals surface area contributed by atoms with Crippen LogP contribution in [0.1, 0.15) is 35.9 Å². The van der Waals surface area contributed by atoms with Crippen molar-refractivity contribution in [1.29, 1.82) is 0 Å². The number of ether oxygens (including phenoxy) is 1. The summed E-state index contributed by atoms with van der Waals surface area (Å²) >= 11 is 0. The van der Waals surface area contributed by atoms with Crippen molar-refractivity contribution in [2.75, 3.05) is 12.4 Å². The zero-order valence-electron chi connectivity index (χ0n) is 15.9. The molecule has 0 unspecified atom stereocenters. The molecule has 29 heavy (non-hydrogen) atoms. The first-order valence-electron chi connectivity index (χ1n) is 9.50. The second kappa shape index (κ2) is 6.77. The Morgan fingerprint density at radius 1 is 1.14 bits per heavy atom. The quantitative estimate of drug-likeness (QED) is 0.715. The number of aromatic hydroxyl groups is 1. The number of allylic oxidation sites excluding steroid dienone is 2. The molecule has 146 valence electrons. The molecular formula is C22H20N4O3. The third kappa shape index (κ3) is 2.86. The van der Waals surface area contributed by atoms with Crippen LogP contribution in [-0.4, -0.2) is 32.8 Å². The van der Waals surface area contributed by atoms with Crippen molar-refractivity contribution >= 4 is 11.7 Å². The molecule has 0 saturated heterocycles. The van der Waals surface area contributed by atoms with Gasteiger partial charge in [-0.15, -0.1) is 0 Å². The van der Waals surface area contributed by atoms with Gasteiger partial charge in [0.05, 0.1) is 7.11 Å². The van der Waals surface area contributed by atoms with Crippen LogP contribution in [0.4, 0.5) is 5.95 Å². The number of fused-ring (bicyclic) bond motifs is 1. The zero-order chi connectivity index (χ0) is 20.0. The minimum Gasteiger partial charge on any atom is -0.504 e. The number of Topliss-reactive ketones (excluding diaryl/α,β-unsaturated/α-hetero) is 1. The van der Waals surface area contributed by atoms with Gasteiger partial charge in [0.1, 0.15) is 12.4 Å². The molecule has 0 saturated carbocycles. The van der Waals surface area contributed by atoms with E-state index in [1.165, 1.54) is 13.4 Å². The highest BCUT2D eigenvalue weighted by atomic mass is 16.5. The summed E-state index contributed by atoms with van der Waals surface area (Å²) in [6.45, 7) is 0. The molecule has 2 aromatic carbocycles. The average Bonchev–Trinajstić information content (AvgIpc) is 3.21. The number of hydrogen-bond donors (Lipinski definition) is 2. The maximum Gasteiger partial charge on any atom is 0.226 e. The minimum atomic E-state index is -0.414. The molecule has 2 N–H and O–H groups in total. The van der Waals surface area contributed by atoms with E-state index in [9.17, 15) is 9.90 Å². The summed E-state index contributed by atoms with van der Waals surface area (Å²) in [6, 6.07) is 14.8. The molecule has 1 aliphatic heterocycles. The van der Waals surface area contributed by atoms with Crippen LogP contribution >= 0.6 is 0 Å². The van der Waals surface area contributed by atoms with E-state index >= 15 is 0 Å². The lowest BCUT2D eigenvalue weighted by molar-refractivity contribution is -0.116. The molecule has 7 nitrogen and oxygen atoms in total. The predicted molar refractivity (Wildman–Crippen MR) is 107 cm³/mol. The maximum absolute atomic E-state index is 13.3. The summed E-state index contributed by atoms with van der Waals surface area (Å²) in [5.41, 5.74) is 3.55. The van der Waals surface area contributed by atoms with E-state index in [4.69, 9.17) is 4.74 Å². The second-order valence-electron chi connectivity index (χ2n) is 7.32. The Morgan fingerprint density at radius 2 is 1.97 bits per heavy atom. The van der Waals surface area contributed by atoms with Gasteiger partial charge in [0.2, 0.25) is 5.95 Å². The van der Waals surface area contributed by atoms with Crippen LogP contribution < -0.4 is 10.1 Å². The number of methoxy groups -OCH3 is 1. The van der Waals surface area contributed by atoms with Gasteiger partial charge in [-0.05, 0) is 35.6 Å². The third-order valence-corrected chi connectivity index (χ3v) is 5.65. The Labute approximate surface area is 167 Å². The Balaban J connectivity index is 1.61. The van der Waals surface area contributed by atoms with Gasteiger partial charge in [0, 0.05) is 17.7 Å². The van der Waals surface area contributed by atoms with Crippen LogP contribution in [0.2, 0.25) is 0 Å². The molecule has 2 atom stereocenters. The van der Waals surface area contributed by atoms with Crippen molar-refractivity contribution in [3.05, 3.63) is 77.3 Å². The summed E-state index contributed by atoms with van der Waals surface area (Å²) in [5, 5.41) is 17.6. The third-order valence-electron chi connectivity index (χ3n) is 5.65. The van der Waals surface area contributed by atoms with Gasteiger partial charge >= 0.3 is 0 Å². The van der Waals surface area contributed by atoms with E-state index in [2.05, 4.69) is 27.5 Å². The van der Waals surface area contributed by atoms with Crippen molar-refractivity contribution in [1.82, 2.24) is 14.8 Å². The molecule has 0 fully saturated rings. The molecule has 0 amide bonds. The molecule has 5 rings (SSSR count). The zero-order valence-corrected chi connectivity index (χ0v) is 15.9. The summed E-state index contributed by atoms with van der Waals surface area (Å²) < 4.78 is 6.99. The van der Waals surface area contributed by atoms with Crippen LogP contribution in [-0.2, 0) is 4.79 Å².